The topological polar surface area (TPSA) is 75.9 Å². The quantitative estimate of drug-likeness (QED) is 0.808. The van der Waals surface area contributed by atoms with Gasteiger partial charge in [0, 0.05) is 25.2 Å². The van der Waals surface area contributed by atoms with Gasteiger partial charge in [-0.15, -0.1) is 0 Å². The summed E-state index contributed by atoms with van der Waals surface area (Å²) in [5.41, 5.74) is 1.13. The maximum absolute atomic E-state index is 13.1. The lowest BCUT2D eigenvalue weighted by atomic mass is 9.99. The maximum atomic E-state index is 13.1. The summed E-state index contributed by atoms with van der Waals surface area (Å²) in [6.07, 6.45) is 5.24. The number of pyridine rings is 1. The monoisotopic (exact) mass is 426 g/mol. The van der Waals surface area contributed by atoms with Crippen LogP contribution in [-0.2, 0) is 15.1 Å². The molecule has 2 aromatic rings. The minimum absolute atomic E-state index is 0.0250. The van der Waals surface area contributed by atoms with Gasteiger partial charge in [-0.2, -0.15) is 0 Å². The number of fused-ring (bicyclic) bond motifs is 2. The van der Waals surface area contributed by atoms with E-state index in [0.29, 0.717) is 24.9 Å². The fourth-order valence-electron chi connectivity index (χ4n) is 5.08. The molecule has 0 aromatic carbocycles. The van der Waals surface area contributed by atoms with Gasteiger partial charge in [0.15, 0.2) is 0 Å². The van der Waals surface area contributed by atoms with Gasteiger partial charge in [0.2, 0.25) is 5.91 Å². The zero-order valence-electron chi connectivity index (χ0n) is 19.4. The van der Waals surface area contributed by atoms with Crippen molar-refractivity contribution in [1.29, 1.82) is 0 Å². The first-order valence-corrected chi connectivity index (χ1v) is 11.2. The highest BCUT2D eigenvalue weighted by atomic mass is 16.6. The average Bonchev–Trinajstić information content (AvgIpc) is 3.33. The van der Waals surface area contributed by atoms with Gasteiger partial charge in [-0.25, -0.2) is 9.78 Å². The second-order valence-electron chi connectivity index (χ2n) is 10.7. The molecule has 168 valence electrons. The lowest BCUT2D eigenvalue weighted by Crippen LogP contribution is -2.45. The molecule has 7 nitrogen and oxygen atoms in total. The number of likely N-dealkylation sites (tertiary alicyclic amines) is 1. The molecule has 2 fully saturated rings. The van der Waals surface area contributed by atoms with Gasteiger partial charge in [-0.1, -0.05) is 6.07 Å². The Morgan fingerprint density at radius 2 is 1.77 bits per heavy atom. The Morgan fingerprint density at radius 3 is 2.39 bits per heavy atom. The van der Waals surface area contributed by atoms with Crippen LogP contribution in [0.3, 0.4) is 0 Å². The number of nitrogens with one attached hydrogen (secondary N) is 1. The Morgan fingerprint density at radius 1 is 1.13 bits per heavy atom. The highest BCUT2D eigenvalue weighted by molar-refractivity contribution is 5.80. The van der Waals surface area contributed by atoms with Crippen LogP contribution in [0.25, 0.3) is 5.52 Å². The Labute approximate surface area is 184 Å². The van der Waals surface area contributed by atoms with Crippen molar-refractivity contribution in [3.8, 4) is 0 Å². The Balaban J connectivity index is 1.38. The number of ether oxygens (including phenoxy) is 1. The van der Waals surface area contributed by atoms with Crippen LogP contribution >= 0.6 is 0 Å². The van der Waals surface area contributed by atoms with Crippen LogP contribution in [-0.4, -0.2) is 45.0 Å². The molecule has 1 aliphatic heterocycles. The highest BCUT2D eigenvalue weighted by Gasteiger charge is 2.46. The van der Waals surface area contributed by atoms with E-state index < -0.39 is 11.1 Å². The van der Waals surface area contributed by atoms with Crippen LogP contribution < -0.4 is 5.32 Å². The van der Waals surface area contributed by atoms with Gasteiger partial charge in [0.05, 0.1) is 17.3 Å². The van der Waals surface area contributed by atoms with Crippen molar-refractivity contribution in [2.45, 2.75) is 65.5 Å². The molecule has 0 bridgehead atoms. The summed E-state index contributed by atoms with van der Waals surface area (Å²) in [6, 6.07) is 4.06. The minimum atomic E-state index is -0.586. The van der Waals surface area contributed by atoms with E-state index >= 15 is 0 Å². The molecule has 1 N–H and O–H groups in total. The predicted octanol–water partition coefficient (Wildman–Crippen LogP) is 3.89. The third-order valence-corrected chi connectivity index (χ3v) is 6.55. The van der Waals surface area contributed by atoms with E-state index in [2.05, 4.69) is 27.7 Å². The number of aryl methyl sites for hydroxylation is 1. The van der Waals surface area contributed by atoms with Crippen LogP contribution in [0.15, 0.2) is 24.5 Å². The molecule has 1 saturated carbocycles. The van der Waals surface area contributed by atoms with Crippen LogP contribution in [0.2, 0.25) is 0 Å². The van der Waals surface area contributed by atoms with Crippen molar-refractivity contribution in [3.63, 3.8) is 0 Å². The molecule has 7 heteroatoms. The third-order valence-electron chi connectivity index (χ3n) is 6.55. The molecule has 2 aliphatic rings. The van der Waals surface area contributed by atoms with Gasteiger partial charge in [-0.05, 0) is 77.8 Å². The Hall–Kier alpha value is -2.57. The fraction of sp³-hybridized carbons (Fsp3) is 0.625. The van der Waals surface area contributed by atoms with Gasteiger partial charge >= 0.3 is 6.09 Å². The first-order chi connectivity index (χ1) is 14.4. The molecule has 3 heterocycles. The number of hydrogen-bond donors (Lipinski definition) is 1. The van der Waals surface area contributed by atoms with Crippen LogP contribution in [0.5, 0.6) is 0 Å². The predicted molar refractivity (Wildman–Crippen MR) is 119 cm³/mol. The lowest BCUT2D eigenvalue weighted by molar-refractivity contribution is -0.126. The van der Waals surface area contributed by atoms with Crippen molar-refractivity contribution < 1.29 is 14.3 Å². The summed E-state index contributed by atoms with van der Waals surface area (Å²) >= 11 is 0. The summed E-state index contributed by atoms with van der Waals surface area (Å²) in [5.74, 6) is 1.60. The summed E-state index contributed by atoms with van der Waals surface area (Å²) in [7, 11) is 0. The van der Waals surface area contributed by atoms with E-state index in [4.69, 9.17) is 4.74 Å². The van der Waals surface area contributed by atoms with E-state index in [9.17, 15) is 9.59 Å². The number of imidazole rings is 1. The number of rotatable bonds is 3. The molecule has 1 saturated heterocycles. The smallest absolute Gasteiger partial charge is 0.410 e. The van der Waals surface area contributed by atoms with E-state index in [0.717, 1.165) is 29.7 Å². The molecule has 1 aliphatic carbocycles. The van der Waals surface area contributed by atoms with Gasteiger partial charge in [-0.3, -0.25) is 4.79 Å². The number of carbonyl (C=O) groups excluding carboxylic acids is 2. The summed E-state index contributed by atoms with van der Waals surface area (Å²) in [4.78, 5) is 31.9. The second-order valence-corrected chi connectivity index (χ2v) is 10.7. The summed E-state index contributed by atoms with van der Waals surface area (Å²) < 4.78 is 7.56. The van der Waals surface area contributed by atoms with Crippen molar-refractivity contribution in [3.05, 3.63) is 35.9 Å². The van der Waals surface area contributed by atoms with E-state index in [-0.39, 0.29) is 17.9 Å². The van der Waals surface area contributed by atoms with Crippen molar-refractivity contribution in [2.24, 2.45) is 17.8 Å². The first-order valence-electron chi connectivity index (χ1n) is 11.2. The third kappa shape index (κ3) is 4.27. The van der Waals surface area contributed by atoms with Gasteiger partial charge < -0.3 is 19.4 Å². The van der Waals surface area contributed by atoms with Crippen molar-refractivity contribution in [1.82, 2.24) is 19.6 Å². The maximum Gasteiger partial charge on any atom is 0.410 e. The van der Waals surface area contributed by atoms with Gasteiger partial charge in [0.25, 0.3) is 0 Å². The number of amides is 2. The standard InChI is InChI=1S/C24H34N4O3/c1-15-8-7-9-28-19(15)12-25-21(28)24(5,6)26-20(29)16-10-17-13-27(14-18(17)11-16)22(30)31-23(2,3)4/h7-9,12,16-18H,10-11,13-14H2,1-6H3,(H,26,29)/t16-,17-,18+. The zero-order valence-corrected chi connectivity index (χ0v) is 19.4. The molecule has 4 rings (SSSR count). The Bertz CT molecular complexity index is 990. The fourth-order valence-corrected chi connectivity index (χ4v) is 5.08. The number of hydrogen-bond acceptors (Lipinski definition) is 4. The Kier molecular flexibility index (Phi) is 5.26. The molecule has 31 heavy (non-hydrogen) atoms. The minimum Gasteiger partial charge on any atom is -0.444 e. The zero-order chi connectivity index (χ0) is 22.6. The molecule has 2 amide bonds. The molecule has 0 spiro atoms. The first kappa shape index (κ1) is 21.7. The number of carbonyl (C=O) groups is 2. The van der Waals surface area contributed by atoms with Crippen LogP contribution in [0.1, 0.15) is 58.8 Å². The van der Waals surface area contributed by atoms with E-state index in [1.165, 1.54) is 0 Å². The SMILES string of the molecule is Cc1cccn2c(C(C)(C)NC(=O)[C@@H]3C[C@@H]4CN(C(=O)OC(C)(C)C)C[C@@H]4C3)ncc12. The van der Waals surface area contributed by atoms with Crippen molar-refractivity contribution in [2.75, 3.05) is 13.1 Å². The molecule has 2 aromatic heterocycles. The second kappa shape index (κ2) is 7.53. The van der Waals surface area contributed by atoms with Crippen LogP contribution in [0, 0.1) is 24.7 Å². The molecule has 0 unspecified atom stereocenters. The lowest BCUT2D eigenvalue weighted by Gasteiger charge is -2.28. The molecular weight excluding hydrogens is 392 g/mol. The van der Waals surface area contributed by atoms with E-state index in [1.54, 1.807) is 4.90 Å². The highest BCUT2D eigenvalue weighted by Crippen LogP contribution is 2.42. The molecule has 0 radical (unpaired) electrons. The van der Waals surface area contributed by atoms with E-state index in [1.807, 2.05) is 53.1 Å². The number of nitrogens with zero attached hydrogens (tertiary/aromatic N) is 3. The number of aromatic nitrogens is 2. The molecular formula is C24H34N4O3. The molecule has 3 atom stereocenters. The summed E-state index contributed by atoms with van der Waals surface area (Å²) in [5, 5.41) is 3.24. The largest absolute Gasteiger partial charge is 0.444 e. The van der Waals surface area contributed by atoms with Crippen LogP contribution in [0.4, 0.5) is 4.79 Å². The normalized spacial score (nSPS) is 23.8. The van der Waals surface area contributed by atoms with Gasteiger partial charge in [0.1, 0.15) is 11.4 Å². The average molecular weight is 427 g/mol. The van der Waals surface area contributed by atoms with Crippen molar-refractivity contribution >= 4 is 17.5 Å². The summed E-state index contributed by atoms with van der Waals surface area (Å²) in [6.45, 7) is 13.1.